The van der Waals surface area contributed by atoms with Gasteiger partial charge in [0.15, 0.2) is 0 Å². The smallest absolute Gasteiger partial charge is 0.00103 e. The third-order valence-corrected chi connectivity index (χ3v) is 4.13. The molecule has 2 aliphatic carbocycles. The van der Waals surface area contributed by atoms with Crippen LogP contribution in [0.4, 0.5) is 0 Å². The largest absolute Gasteiger partial charge is 0.315 e. The van der Waals surface area contributed by atoms with Crippen molar-refractivity contribution in [2.45, 2.75) is 64.8 Å². The Hall–Kier alpha value is -0.0800. The molecule has 0 amide bonds. The summed E-state index contributed by atoms with van der Waals surface area (Å²) in [7, 11) is 0. The van der Waals surface area contributed by atoms with Crippen LogP contribution in [0, 0.1) is 11.8 Å². The van der Waals surface area contributed by atoms with Gasteiger partial charge in [0.1, 0.15) is 0 Å². The molecule has 0 aromatic heterocycles. The van der Waals surface area contributed by atoms with Crippen molar-refractivity contribution in [2.75, 3.05) is 26.2 Å². The van der Waals surface area contributed by atoms with Crippen LogP contribution in [0.25, 0.3) is 0 Å². The molecule has 106 valence electrons. The molecule has 0 saturated heterocycles. The normalized spacial score (nSPS) is 20.0. The van der Waals surface area contributed by atoms with E-state index in [0.29, 0.717) is 6.04 Å². The van der Waals surface area contributed by atoms with Crippen LogP contribution in [-0.2, 0) is 0 Å². The number of nitrogens with one attached hydrogen (secondary N) is 1. The minimum Gasteiger partial charge on any atom is -0.315 e. The standard InChI is InChI=1S/C16H32N2/c1-14(2)17-10-4-3-5-11-18(12-15-6-7-15)13-16-8-9-16/h14-17H,3-13H2,1-2H3. The summed E-state index contributed by atoms with van der Waals surface area (Å²) in [5.74, 6) is 2.12. The van der Waals surface area contributed by atoms with Gasteiger partial charge in [-0.25, -0.2) is 0 Å². The first-order valence-electron chi connectivity index (χ1n) is 8.20. The highest BCUT2D eigenvalue weighted by atomic mass is 15.1. The second-order valence-electron chi connectivity index (χ2n) is 6.82. The number of nitrogens with zero attached hydrogens (tertiary/aromatic N) is 1. The SMILES string of the molecule is CC(C)NCCCCCN(CC1CC1)CC1CC1. The molecule has 0 aromatic rings. The molecular formula is C16H32N2. The molecule has 0 heterocycles. The van der Waals surface area contributed by atoms with E-state index >= 15 is 0 Å². The molecule has 0 aliphatic heterocycles. The molecule has 0 aromatic carbocycles. The molecule has 18 heavy (non-hydrogen) atoms. The Labute approximate surface area is 114 Å². The average molecular weight is 252 g/mol. The number of hydrogen-bond donors (Lipinski definition) is 1. The molecule has 2 heteroatoms. The lowest BCUT2D eigenvalue weighted by atomic mass is 10.2. The minimum atomic E-state index is 0.645. The lowest BCUT2D eigenvalue weighted by Crippen LogP contribution is -2.29. The molecule has 2 saturated carbocycles. The van der Waals surface area contributed by atoms with Gasteiger partial charge in [-0.15, -0.1) is 0 Å². The van der Waals surface area contributed by atoms with Gasteiger partial charge in [0.25, 0.3) is 0 Å². The van der Waals surface area contributed by atoms with E-state index in [9.17, 15) is 0 Å². The first-order chi connectivity index (χ1) is 8.74. The number of hydrogen-bond acceptors (Lipinski definition) is 2. The Morgan fingerprint density at radius 3 is 2.06 bits per heavy atom. The van der Waals surface area contributed by atoms with Crippen molar-refractivity contribution < 1.29 is 0 Å². The van der Waals surface area contributed by atoms with Crippen LogP contribution in [-0.4, -0.2) is 37.1 Å². The summed E-state index contributed by atoms with van der Waals surface area (Å²) in [5, 5.41) is 3.50. The van der Waals surface area contributed by atoms with Crippen molar-refractivity contribution in [1.29, 1.82) is 0 Å². The van der Waals surface area contributed by atoms with Crippen molar-refractivity contribution in [3.05, 3.63) is 0 Å². The van der Waals surface area contributed by atoms with Crippen LogP contribution in [0.3, 0.4) is 0 Å². The summed E-state index contributed by atoms with van der Waals surface area (Å²) in [5.41, 5.74) is 0. The summed E-state index contributed by atoms with van der Waals surface area (Å²) >= 11 is 0. The zero-order valence-electron chi connectivity index (χ0n) is 12.5. The molecule has 0 unspecified atom stereocenters. The second kappa shape index (κ2) is 7.49. The quantitative estimate of drug-likeness (QED) is 0.568. The number of unbranched alkanes of at least 4 members (excludes halogenated alkanes) is 2. The number of rotatable bonds is 11. The van der Waals surface area contributed by atoms with Gasteiger partial charge < -0.3 is 10.2 Å². The Morgan fingerprint density at radius 2 is 1.56 bits per heavy atom. The first kappa shape index (κ1) is 14.3. The highest BCUT2D eigenvalue weighted by Crippen LogP contribution is 2.33. The molecule has 1 N–H and O–H groups in total. The van der Waals surface area contributed by atoms with E-state index in [1.807, 2.05) is 0 Å². The Balaban J connectivity index is 1.48. The van der Waals surface area contributed by atoms with E-state index in [1.165, 1.54) is 71.1 Å². The average Bonchev–Trinajstić information content (AvgIpc) is 3.18. The van der Waals surface area contributed by atoms with Crippen LogP contribution in [0.15, 0.2) is 0 Å². The van der Waals surface area contributed by atoms with Crippen LogP contribution >= 0.6 is 0 Å². The van der Waals surface area contributed by atoms with Gasteiger partial charge in [-0.1, -0.05) is 20.3 Å². The lowest BCUT2D eigenvalue weighted by molar-refractivity contribution is 0.246. The van der Waals surface area contributed by atoms with Gasteiger partial charge in [0.05, 0.1) is 0 Å². The van der Waals surface area contributed by atoms with E-state index in [1.54, 1.807) is 0 Å². The fourth-order valence-electron chi connectivity index (χ4n) is 2.62. The summed E-state index contributed by atoms with van der Waals surface area (Å²) in [4.78, 5) is 2.77. The zero-order valence-corrected chi connectivity index (χ0v) is 12.5. The van der Waals surface area contributed by atoms with Gasteiger partial charge in [-0.2, -0.15) is 0 Å². The highest BCUT2D eigenvalue weighted by Gasteiger charge is 2.28. The van der Waals surface area contributed by atoms with Crippen LogP contribution in [0.1, 0.15) is 58.8 Å². The Bertz CT molecular complexity index is 205. The third-order valence-electron chi connectivity index (χ3n) is 4.13. The summed E-state index contributed by atoms with van der Waals surface area (Å²) in [6, 6.07) is 0.645. The maximum atomic E-state index is 3.50. The van der Waals surface area contributed by atoms with Gasteiger partial charge in [0, 0.05) is 19.1 Å². The van der Waals surface area contributed by atoms with Gasteiger partial charge in [-0.3, -0.25) is 0 Å². The Morgan fingerprint density at radius 1 is 0.944 bits per heavy atom. The maximum Gasteiger partial charge on any atom is 0.00103 e. The van der Waals surface area contributed by atoms with Crippen molar-refractivity contribution in [2.24, 2.45) is 11.8 Å². The summed E-state index contributed by atoms with van der Waals surface area (Å²) in [6.07, 6.45) is 10.1. The Kier molecular flexibility index (Phi) is 5.97. The van der Waals surface area contributed by atoms with Crippen LogP contribution < -0.4 is 5.32 Å². The summed E-state index contributed by atoms with van der Waals surface area (Å²) < 4.78 is 0. The third kappa shape index (κ3) is 6.75. The summed E-state index contributed by atoms with van der Waals surface area (Å²) in [6.45, 7) is 9.82. The van der Waals surface area contributed by atoms with Crippen molar-refractivity contribution in [3.8, 4) is 0 Å². The molecule has 2 fully saturated rings. The monoisotopic (exact) mass is 252 g/mol. The molecule has 0 spiro atoms. The molecular weight excluding hydrogens is 220 g/mol. The molecule has 2 rings (SSSR count). The van der Waals surface area contributed by atoms with E-state index in [2.05, 4.69) is 24.1 Å². The van der Waals surface area contributed by atoms with Crippen molar-refractivity contribution in [3.63, 3.8) is 0 Å². The van der Waals surface area contributed by atoms with Gasteiger partial charge in [0.2, 0.25) is 0 Å². The van der Waals surface area contributed by atoms with E-state index < -0.39 is 0 Å². The minimum absolute atomic E-state index is 0.645. The van der Waals surface area contributed by atoms with Crippen LogP contribution in [0.5, 0.6) is 0 Å². The predicted molar refractivity (Wildman–Crippen MR) is 78.9 cm³/mol. The van der Waals surface area contributed by atoms with Gasteiger partial charge >= 0.3 is 0 Å². The zero-order chi connectivity index (χ0) is 12.8. The predicted octanol–water partition coefficient (Wildman–Crippen LogP) is 3.28. The molecule has 0 radical (unpaired) electrons. The maximum absolute atomic E-state index is 3.50. The molecule has 0 atom stereocenters. The van der Waals surface area contributed by atoms with Crippen molar-refractivity contribution >= 4 is 0 Å². The fraction of sp³-hybridized carbons (Fsp3) is 1.00. The molecule has 0 bridgehead atoms. The van der Waals surface area contributed by atoms with Gasteiger partial charge in [-0.05, 0) is 63.5 Å². The fourth-order valence-corrected chi connectivity index (χ4v) is 2.62. The van der Waals surface area contributed by atoms with E-state index in [0.717, 1.165) is 11.8 Å². The topological polar surface area (TPSA) is 15.3 Å². The van der Waals surface area contributed by atoms with E-state index in [4.69, 9.17) is 0 Å². The highest BCUT2D eigenvalue weighted by molar-refractivity contribution is 4.82. The van der Waals surface area contributed by atoms with E-state index in [-0.39, 0.29) is 0 Å². The van der Waals surface area contributed by atoms with Crippen molar-refractivity contribution in [1.82, 2.24) is 10.2 Å². The molecule has 2 nitrogen and oxygen atoms in total. The second-order valence-corrected chi connectivity index (χ2v) is 6.82. The van der Waals surface area contributed by atoms with Crippen LogP contribution in [0.2, 0.25) is 0 Å². The first-order valence-corrected chi connectivity index (χ1v) is 8.20. The lowest BCUT2D eigenvalue weighted by Gasteiger charge is -2.22. The molecule has 2 aliphatic rings.